The molecule has 1 atom stereocenters. The first kappa shape index (κ1) is 15.2. The Bertz CT molecular complexity index is 631. The summed E-state index contributed by atoms with van der Waals surface area (Å²) in [6.45, 7) is 2.15. The predicted molar refractivity (Wildman–Crippen MR) is 88.3 cm³/mol. The average Bonchev–Trinajstić information content (AvgIpc) is 3.05. The zero-order valence-corrected chi connectivity index (χ0v) is 13.1. The molecule has 0 saturated carbocycles. The highest BCUT2D eigenvalue weighted by Gasteiger charge is 2.16. The van der Waals surface area contributed by atoms with Gasteiger partial charge in [-0.1, -0.05) is 41.9 Å². The standard InChI is InChI=1S/C18H19ClN2O/c19-18-6-3-14(11-21-18)10-17(22)9-13-1-4-15(5-2-13)16-7-8-20-12-16/h1-6,11,16,20H,7-10,12H2. The molecule has 1 unspecified atom stereocenters. The zero-order chi connectivity index (χ0) is 15.4. The first-order chi connectivity index (χ1) is 10.7. The summed E-state index contributed by atoms with van der Waals surface area (Å²) in [5, 5.41) is 3.83. The molecule has 3 rings (SSSR count). The number of halogens is 1. The number of carbonyl (C=O) groups is 1. The summed E-state index contributed by atoms with van der Waals surface area (Å²) in [6, 6.07) is 12.0. The fourth-order valence-corrected chi connectivity index (χ4v) is 2.99. The fraction of sp³-hybridized carbons (Fsp3) is 0.333. The molecule has 1 aromatic heterocycles. The van der Waals surface area contributed by atoms with Crippen LogP contribution in [0.2, 0.25) is 5.15 Å². The van der Waals surface area contributed by atoms with Crippen LogP contribution in [0.15, 0.2) is 42.6 Å². The summed E-state index contributed by atoms with van der Waals surface area (Å²) in [4.78, 5) is 16.1. The van der Waals surface area contributed by atoms with Crippen LogP contribution < -0.4 is 5.32 Å². The van der Waals surface area contributed by atoms with Crippen LogP contribution in [0, 0.1) is 0 Å². The van der Waals surface area contributed by atoms with Crippen LogP contribution in [-0.4, -0.2) is 23.9 Å². The van der Waals surface area contributed by atoms with Crippen molar-refractivity contribution in [1.29, 1.82) is 0 Å². The molecule has 114 valence electrons. The van der Waals surface area contributed by atoms with Crippen molar-refractivity contribution in [3.63, 3.8) is 0 Å². The number of pyridine rings is 1. The molecule has 0 radical (unpaired) electrons. The number of Topliss-reactive ketones (excluding diaryl/α,β-unsaturated/α-hetero) is 1. The van der Waals surface area contributed by atoms with Crippen molar-refractivity contribution in [3.8, 4) is 0 Å². The van der Waals surface area contributed by atoms with Gasteiger partial charge in [0.2, 0.25) is 0 Å². The molecule has 3 nitrogen and oxygen atoms in total. The lowest BCUT2D eigenvalue weighted by Crippen LogP contribution is -2.08. The molecule has 1 aliphatic rings. The predicted octanol–water partition coefficient (Wildman–Crippen LogP) is 3.17. The van der Waals surface area contributed by atoms with Crippen LogP contribution in [0.4, 0.5) is 0 Å². The Morgan fingerprint density at radius 1 is 1.14 bits per heavy atom. The summed E-state index contributed by atoms with van der Waals surface area (Å²) < 4.78 is 0. The van der Waals surface area contributed by atoms with E-state index in [4.69, 9.17) is 11.6 Å². The molecular formula is C18H19ClN2O. The van der Waals surface area contributed by atoms with Gasteiger partial charge in [-0.2, -0.15) is 0 Å². The van der Waals surface area contributed by atoms with E-state index in [1.165, 1.54) is 12.0 Å². The second-order valence-corrected chi connectivity index (χ2v) is 6.20. The van der Waals surface area contributed by atoms with Crippen molar-refractivity contribution < 1.29 is 4.79 Å². The molecule has 1 aromatic carbocycles. The number of carbonyl (C=O) groups excluding carboxylic acids is 1. The van der Waals surface area contributed by atoms with E-state index in [0.717, 1.165) is 24.2 Å². The Morgan fingerprint density at radius 2 is 1.86 bits per heavy atom. The number of hydrogen-bond donors (Lipinski definition) is 1. The van der Waals surface area contributed by atoms with Gasteiger partial charge in [-0.25, -0.2) is 4.98 Å². The molecule has 2 aromatic rings. The summed E-state index contributed by atoms with van der Waals surface area (Å²) >= 11 is 5.75. The summed E-state index contributed by atoms with van der Waals surface area (Å²) in [5.74, 6) is 0.810. The van der Waals surface area contributed by atoms with Crippen LogP contribution in [0.1, 0.15) is 29.0 Å². The van der Waals surface area contributed by atoms with Crippen LogP contribution in [0.5, 0.6) is 0 Å². The van der Waals surface area contributed by atoms with Crippen molar-refractivity contribution >= 4 is 17.4 Å². The minimum Gasteiger partial charge on any atom is -0.316 e. The molecule has 1 aliphatic heterocycles. The van der Waals surface area contributed by atoms with Crippen molar-refractivity contribution in [2.24, 2.45) is 0 Å². The largest absolute Gasteiger partial charge is 0.316 e. The average molecular weight is 315 g/mol. The zero-order valence-electron chi connectivity index (χ0n) is 12.4. The van der Waals surface area contributed by atoms with Crippen LogP contribution in [-0.2, 0) is 17.6 Å². The number of nitrogens with zero attached hydrogens (tertiary/aromatic N) is 1. The van der Waals surface area contributed by atoms with E-state index >= 15 is 0 Å². The van der Waals surface area contributed by atoms with Crippen LogP contribution in [0.25, 0.3) is 0 Å². The molecule has 2 heterocycles. The summed E-state index contributed by atoms with van der Waals surface area (Å²) in [6.07, 6.45) is 3.72. The lowest BCUT2D eigenvalue weighted by molar-refractivity contribution is -0.117. The Kier molecular flexibility index (Phi) is 4.86. The highest BCUT2D eigenvalue weighted by atomic mass is 35.5. The molecule has 0 spiro atoms. The van der Waals surface area contributed by atoms with Crippen LogP contribution in [0.3, 0.4) is 0 Å². The number of ketones is 1. The molecular weight excluding hydrogens is 296 g/mol. The second kappa shape index (κ2) is 7.03. The first-order valence-corrected chi connectivity index (χ1v) is 8.00. The van der Waals surface area contributed by atoms with Gasteiger partial charge in [-0.15, -0.1) is 0 Å². The quantitative estimate of drug-likeness (QED) is 0.862. The third-order valence-electron chi connectivity index (χ3n) is 4.10. The van der Waals surface area contributed by atoms with Crippen molar-refractivity contribution in [3.05, 3.63) is 64.4 Å². The Labute approximate surface area is 135 Å². The molecule has 0 amide bonds. The Morgan fingerprint density at radius 3 is 2.50 bits per heavy atom. The smallest absolute Gasteiger partial charge is 0.141 e. The minimum atomic E-state index is 0.194. The molecule has 1 fully saturated rings. The van der Waals surface area contributed by atoms with Gasteiger partial charge in [0.25, 0.3) is 0 Å². The highest BCUT2D eigenvalue weighted by Crippen LogP contribution is 2.22. The number of benzene rings is 1. The van der Waals surface area contributed by atoms with Crippen LogP contribution >= 0.6 is 11.6 Å². The molecule has 0 bridgehead atoms. The molecule has 1 saturated heterocycles. The number of nitrogens with one attached hydrogen (secondary N) is 1. The molecule has 4 heteroatoms. The van der Waals surface area contributed by atoms with E-state index in [0.29, 0.717) is 23.9 Å². The normalized spacial score (nSPS) is 17.6. The van der Waals surface area contributed by atoms with Gasteiger partial charge in [0.15, 0.2) is 0 Å². The lowest BCUT2D eigenvalue weighted by Gasteiger charge is -2.09. The minimum absolute atomic E-state index is 0.194. The molecule has 1 N–H and O–H groups in total. The van der Waals surface area contributed by atoms with E-state index in [9.17, 15) is 4.79 Å². The summed E-state index contributed by atoms with van der Waals surface area (Å²) in [7, 11) is 0. The Hall–Kier alpha value is -1.71. The van der Waals surface area contributed by atoms with Gasteiger partial charge in [-0.05, 0) is 41.6 Å². The number of rotatable bonds is 5. The van der Waals surface area contributed by atoms with Crippen molar-refractivity contribution in [2.75, 3.05) is 13.1 Å². The topological polar surface area (TPSA) is 42.0 Å². The van der Waals surface area contributed by atoms with E-state index in [-0.39, 0.29) is 5.78 Å². The Balaban J connectivity index is 1.57. The SMILES string of the molecule is O=C(Cc1ccc(C2CCNC2)cc1)Cc1ccc(Cl)nc1. The fourth-order valence-electron chi connectivity index (χ4n) is 2.88. The monoisotopic (exact) mass is 314 g/mol. The van der Waals surface area contributed by atoms with Gasteiger partial charge in [0, 0.05) is 25.6 Å². The van der Waals surface area contributed by atoms with E-state index in [2.05, 4.69) is 34.6 Å². The number of aromatic nitrogens is 1. The van der Waals surface area contributed by atoms with E-state index in [1.54, 1.807) is 12.3 Å². The lowest BCUT2D eigenvalue weighted by atomic mass is 9.96. The van der Waals surface area contributed by atoms with Gasteiger partial charge in [-0.3, -0.25) is 4.79 Å². The summed E-state index contributed by atoms with van der Waals surface area (Å²) in [5.41, 5.74) is 3.34. The van der Waals surface area contributed by atoms with Crippen molar-refractivity contribution in [1.82, 2.24) is 10.3 Å². The van der Waals surface area contributed by atoms with E-state index in [1.807, 2.05) is 6.07 Å². The third kappa shape index (κ3) is 3.93. The highest BCUT2D eigenvalue weighted by molar-refractivity contribution is 6.29. The maximum atomic E-state index is 12.1. The maximum Gasteiger partial charge on any atom is 0.141 e. The maximum absolute atomic E-state index is 12.1. The van der Waals surface area contributed by atoms with Gasteiger partial charge in [0.05, 0.1) is 0 Å². The first-order valence-electron chi connectivity index (χ1n) is 7.62. The van der Waals surface area contributed by atoms with E-state index < -0.39 is 0 Å². The molecule has 0 aliphatic carbocycles. The number of hydrogen-bond acceptors (Lipinski definition) is 3. The van der Waals surface area contributed by atoms with Gasteiger partial charge < -0.3 is 5.32 Å². The second-order valence-electron chi connectivity index (χ2n) is 5.81. The van der Waals surface area contributed by atoms with Gasteiger partial charge in [0.1, 0.15) is 10.9 Å². The third-order valence-corrected chi connectivity index (χ3v) is 4.33. The molecule has 22 heavy (non-hydrogen) atoms. The van der Waals surface area contributed by atoms with Crippen molar-refractivity contribution in [2.45, 2.75) is 25.2 Å². The van der Waals surface area contributed by atoms with Gasteiger partial charge >= 0.3 is 0 Å².